The van der Waals surface area contributed by atoms with Crippen molar-refractivity contribution in [3.05, 3.63) is 34.9 Å². The van der Waals surface area contributed by atoms with Crippen molar-refractivity contribution >= 4 is 11.6 Å². The van der Waals surface area contributed by atoms with Gasteiger partial charge in [-0.2, -0.15) is 0 Å². The van der Waals surface area contributed by atoms with E-state index in [0.29, 0.717) is 11.6 Å². The van der Waals surface area contributed by atoms with Crippen LogP contribution in [0.4, 0.5) is 0 Å². The molecule has 1 atom stereocenters. The van der Waals surface area contributed by atoms with Crippen molar-refractivity contribution in [3.8, 4) is 0 Å². The zero-order valence-corrected chi connectivity index (χ0v) is 11.7. The molecule has 1 unspecified atom stereocenters. The van der Waals surface area contributed by atoms with Gasteiger partial charge in [0.1, 0.15) is 0 Å². The maximum absolute atomic E-state index is 11.0. The summed E-state index contributed by atoms with van der Waals surface area (Å²) in [4.78, 5) is 0. The van der Waals surface area contributed by atoms with Gasteiger partial charge in [0.15, 0.2) is 0 Å². The summed E-state index contributed by atoms with van der Waals surface area (Å²) < 4.78 is 0. The Morgan fingerprint density at radius 2 is 1.78 bits per heavy atom. The summed E-state index contributed by atoms with van der Waals surface area (Å²) in [7, 11) is 0. The van der Waals surface area contributed by atoms with Crippen molar-refractivity contribution in [2.45, 2.75) is 44.6 Å². The Morgan fingerprint density at radius 3 is 2.28 bits per heavy atom. The highest BCUT2D eigenvalue weighted by Crippen LogP contribution is 2.49. The van der Waals surface area contributed by atoms with E-state index in [2.05, 4.69) is 0 Å². The largest absolute Gasteiger partial charge is 0.385 e. The lowest BCUT2D eigenvalue weighted by Crippen LogP contribution is -2.49. The Labute approximate surface area is 114 Å². The number of benzene rings is 1. The van der Waals surface area contributed by atoms with Crippen LogP contribution in [-0.2, 0) is 5.60 Å². The SMILES string of the molecule is CC(O)(c1ccc(Cl)cc1)C1(CN)CCCCC1. The number of hydrogen-bond donors (Lipinski definition) is 2. The van der Waals surface area contributed by atoms with Crippen LogP contribution in [0.2, 0.25) is 5.02 Å². The molecule has 18 heavy (non-hydrogen) atoms. The summed E-state index contributed by atoms with van der Waals surface area (Å²) in [6.07, 6.45) is 5.55. The Balaban J connectivity index is 2.35. The fourth-order valence-electron chi connectivity index (χ4n) is 3.20. The van der Waals surface area contributed by atoms with E-state index in [1.54, 1.807) is 0 Å². The molecular weight excluding hydrogens is 246 g/mol. The summed E-state index contributed by atoms with van der Waals surface area (Å²) in [5, 5.41) is 11.7. The Morgan fingerprint density at radius 1 is 1.22 bits per heavy atom. The predicted molar refractivity (Wildman–Crippen MR) is 75.6 cm³/mol. The van der Waals surface area contributed by atoms with E-state index in [9.17, 15) is 5.11 Å². The summed E-state index contributed by atoms with van der Waals surface area (Å²) in [5.74, 6) is 0. The third-order valence-corrected chi connectivity index (χ3v) is 4.89. The van der Waals surface area contributed by atoms with Crippen LogP contribution in [0.3, 0.4) is 0 Å². The zero-order valence-electron chi connectivity index (χ0n) is 11.0. The quantitative estimate of drug-likeness (QED) is 0.881. The summed E-state index contributed by atoms with van der Waals surface area (Å²) in [5.41, 5.74) is 5.84. The molecule has 0 spiro atoms. The van der Waals surface area contributed by atoms with Crippen molar-refractivity contribution in [3.63, 3.8) is 0 Å². The lowest BCUT2D eigenvalue weighted by molar-refractivity contribution is -0.0918. The van der Waals surface area contributed by atoms with E-state index in [4.69, 9.17) is 17.3 Å². The van der Waals surface area contributed by atoms with Crippen LogP contribution < -0.4 is 5.73 Å². The molecule has 1 aromatic carbocycles. The van der Waals surface area contributed by atoms with Crippen molar-refractivity contribution in [2.24, 2.45) is 11.1 Å². The van der Waals surface area contributed by atoms with E-state index < -0.39 is 5.60 Å². The average molecular weight is 268 g/mol. The molecule has 2 rings (SSSR count). The third-order valence-electron chi connectivity index (χ3n) is 4.64. The molecule has 100 valence electrons. The number of halogens is 1. The number of hydrogen-bond acceptors (Lipinski definition) is 2. The molecule has 1 aliphatic rings. The highest BCUT2D eigenvalue weighted by atomic mass is 35.5. The smallest absolute Gasteiger partial charge is 0.0936 e. The molecule has 1 fully saturated rings. The van der Waals surface area contributed by atoms with Crippen molar-refractivity contribution in [2.75, 3.05) is 6.54 Å². The molecule has 0 aliphatic heterocycles. The Kier molecular flexibility index (Phi) is 4.00. The minimum Gasteiger partial charge on any atom is -0.385 e. The van der Waals surface area contributed by atoms with Gasteiger partial charge in [-0.05, 0) is 37.5 Å². The highest BCUT2D eigenvalue weighted by Gasteiger charge is 2.47. The van der Waals surface area contributed by atoms with E-state index in [0.717, 1.165) is 31.2 Å². The second kappa shape index (κ2) is 5.20. The number of rotatable bonds is 3. The van der Waals surface area contributed by atoms with Gasteiger partial charge in [0.2, 0.25) is 0 Å². The highest BCUT2D eigenvalue weighted by molar-refractivity contribution is 6.30. The standard InChI is InChI=1S/C15H22ClNO/c1-14(18,12-5-7-13(16)8-6-12)15(11-17)9-3-2-4-10-15/h5-8,18H,2-4,9-11,17H2,1H3. The fourth-order valence-corrected chi connectivity index (χ4v) is 3.32. The summed E-state index contributed by atoms with van der Waals surface area (Å²) in [6, 6.07) is 7.49. The van der Waals surface area contributed by atoms with E-state index in [-0.39, 0.29) is 5.41 Å². The van der Waals surface area contributed by atoms with Gasteiger partial charge >= 0.3 is 0 Å². The van der Waals surface area contributed by atoms with Gasteiger partial charge in [-0.15, -0.1) is 0 Å². The van der Waals surface area contributed by atoms with Crippen LogP contribution in [0.1, 0.15) is 44.6 Å². The first-order valence-corrected chi connectivity index (χ1v) is 7.08. The van der Waals surface area contributed by atoms with Crippen LogP contribution in [0.25, 0.3) is 0 Å². The van der Waals surface area contributed by atoms with Gasteiger partial charge in [-0.25, -0.2) is 0 Å². The average Bonchev–Trinajstić information content (AvgIpc) is 2.40. The van der Waals surface area contributed by atoms with Crippen molar-refractivity contribution in [1.82, 2.24) is 0 Å². The summed E-state index contributed by atoms with van der Waals surface area (Å²) >= 11 is 5.91. The van der Waals surface area contributed by atoms with E-state index >= 15 is 0 Å². The molecule has 0 radical (unpaired) electrons. The molecule has 1 aliphatic carbocycles. The first kappa shape index (κ1) is 13.9. The van der Waals surface area contributed by atoms with Gasteiger partial charge in [0, 0.05) is 17.0 Å². The lowest BCUT2D eigenvalue weighted by Gasteiger charge is -2.47. The first-order chi connectivity index (χ1) is 8.52. The van der Waals surface area contributed by atoms with Gasteiger partial charge in [-0.1, -0.05) is 43.0 Å². The normalized spacial score (nSPS) is 22.4. The molecule has 1 aromatic rings. The first-order valence-electron chi connectivity index (χ1n) is 6.70. The van der Waals surface area contributed by atoms with Crippen molar-refractivity contribution in [1.29, 1.82) is 0 Å². The molecule has 0 saturated heterocycles. The van der Waals surface area contributed by atoms with Gasteiger partial charge in [-0.3, -0.25) is 0 Å². The maximum Gasteiger partial charge on any atom is 0.0936 e. The predicted octanol–water partition coefficient (Wildman–Crippen LogP) is 3.46. The lowest BCUT2D eigenvalue weighted by atomic mass is 9.61. The van der Waals surface area contributed by atoms with Crippen LogP contribution in [0, 0.1) is 5.41 Å². The second-order valence-corrected chi connectivity index (χ2v) is 6.06. The van der Waals surface area contributed by atoms with Crippen molar-refractivity contribution < 1.29 is 5.11 Å². The van der Waals surface area contributed by atoms with Crippen LogP contribution in [0.15, 0.2) is 24.3 Å². The summed E-state index contributed by atoms with van der Waals surface area (Å²) in [6.45, 7) is 2.43. The Hall–Kier alpha value is -0.570. The Bertz CT molecular complexity index is 393. The monoisotopic (exact) mass is 267 g/mol. The third kappa shape index (κ3) is 2.29. The molecule has 1 saturated carbocycles. The van der Waals surface area contributed by atoms with Crippen LogP contribution in [-0.4, -0.2) is 11.7 Å². The minimum atomic E-state index is -0.882. The molecule has 0 bridgehead atoms. The van der Waals surface area contributed by atoms with Crippen LogP contribution in [0.5, 0.6) is 0 Å². The molecule has 0 heterocycles. The number of aliphatic hydroxyl groups is 1. The molecule has 3 N–H and O–H groups in total. The van der Waals surface area contributed by atoms with Gasteiger partial charge in [0.05, 0.1) is 5.60 Å². The molecule has 3 heteroatoms. The molecule has 0 aromatic heterocycles. The van der Waals surface area contributed by atoms with Gasteiger partial charge in [0.25, 0.3) is 0 Å². The minimum absolute atomic E-state index is 0.195. The molecular formula is C15H22ClNO. The van der Waals surface area contributed by atoms with E-state index in [1.807, 2.05) is 31.2 Å². The number of nitrogens with two attached hydrogens (primary N) is 1. The fraction of sp³-hybridized carbons (Fsp3) is 0.600. The topological polar surface area (TPSA) is 46.2 Å². The molecule has 0 amide bonds. The van der Waals surface area contributed by atoms with Crippen LogP contribution >= 0.6 is 11.6 Å². The van der Waals surface area contributed by atoms with Gasteiger partial charge < -0.3 is 10.8 Å². The second-order valence-electron chi connectivity index (χ2n) is 5.62. The van der Waals surface area contributed by atoms with E-state index in [1.165, 1.54) is 6.42 Å². The maximum atomic E-state index is 11.0. The molecule has 2 nitrogen and oxygen atoms in total. The zero-order chi connectivity index (χ0) is 13.2.